The number of carbonyl (C=O) groups is 2. The highest BCUT2D eigenvalue weighted by Crippen LogP contribution is 2.27. The number of carbonyl (C=O) groups excluding carboxylic acids is 2. The summed E-state index contributed by atoms with van der Waals surface area (Å²) < 4.78 is 33.5. The number of nitrogens with zero attached hydrogens (tertiary/aromatic N) is 3. The number of benzene rings is 1. The number of nitrogens with two attached hydrogens (primary N) is 1. The monoisotopic (exact) mass is 443 g/mol. The van der Waals surface area contributed by atoms with Gasteiger partial charge in [-0.2, -0.15) is 17.0 Å². The third-order valence-electron chi connectivity index (χ3n) is 4.65. The summed E-state index contributed by atoms with van der Waals surface area (Å²) in [4.78, 5) is 26.0. The number of hydrogen-bond acceptors (Lipinski definition) is 6. The zero-order valence-electron chi connectivity index (χ0n) is 16.0. The normalized spacial score (nSPS) is 19.1. The summed E-state index contributed by atoms with van der Waals surface area (Å²) in [6, 6.07) is 6.85. The molecular formula is C17H25N5O5S2. The number of morpholine rings is 1. The number of anilines is 1. The van der Waals surface area contributed by atoms with Gasteiger partial charge >= 0.3 is 6.03 Å². The van der Waals surface area contributed by atoms with Crippen molar-refractivity contribution < 1.29 is 22.7 Å². The Kier molecular flexibility index (Phi) is 7.35. The number of hydrogen-bond donors (Lipinski definition) is 2. The number of ether oxygens (including phenoxy) is 1. The lowest BCUT2D eigenvalue weighted by Crippen LogP contribution is -2.56. The number of nitrogens with one attached hydrogen (secondary N) is 1. The molecule has 2 aliphatic rings. The second kappa shape index (κ2) is 9.76. The zero-order valence-corrected chi connectivity index (χ0v) is 17.6. The van der Waals surface area contributed by atoms with Crippen LogP contribution in [0.15, 0.2) is 29.2 Å². The third kappa shape index (κ3) is 5.60. The Morgan fingerprint density at radius 3 is 2.31 bits per heavy atom. The summed E-state index contributed by atoms with van der Waals surface area (Å²) in [6.07, 6.45) is 0. The van der Waals surface area contributed by atoms with E-state index in [-0.39, 0.29) is 24.9 Å². The van der Waals surface area contributed by atoms with E-state index in [0.29, 0.717) is 45.1 Å². The smallest absolute Gasteiger partial charge is 0.321 e. The van der Waals surface area contributed by atoms with Crippen molar-refractivity contribution in [3.05, 3.63) is 24.3 Å². The third-order valence-corrected chi connectivity index (χ3v) is 7.78. The van der Waals surface area contributed by atoms with Crippen LogP contribution < -0.4 is 11.1 Å². The van der Waals surface area contributed by atoms with Crippen molar-refractivity contribution in [1.82, 2.24) is 13.5 Å². The second-order valence-corrected chi connectivity index (χ2v) is 9.53. The predicted molar refractivity (Wildman–Crippen MR) is 110 cm³/mol. The minimum Gasteiger partial charge on any atom is -0.379 e. The first-order chi connectivity index (χ1) is 13.9. The van der Waals surface area contributed by atoms with Gasteiger partial charge in [0, 0.05) is 44.2 Å². The van der Waals surface area contributed by atoms with Gasteiger partial charge in [-0.05, 0) is 12.1 Å². The fourth-order valence-electron chi connectivity index (χ4n) is 3.10. The van der Waals surface area contributed by atoms with E-state index >= 15 is 0 Å². The summed E-state index contributed by atoms with van der Waals surface area (Å²) in [6.45, 7) is 2.57. The number of para-hydroxylation sites is 1. The SMILES string of the molecule is NC(=O)CSc1ccccc1NC(=O)N1CCN(S(=O)(=O)N2CCOCC2)CC1. The number of rotatable bonds is 6. The Morgan fingerprint density at radius 1 is 1.03 bits per heavy atom. The molecule has 0 aromatic heterocycles. The fraction of sp³-hybridized carbons (Fsp3) is 0.529. The maximum Gasteiger partial charge on any atom is 0.321 e. The quantitative estimate of drug-likeness (QED) is 0.596. The van der Waals surface area contributed by atoms with Crippen molar-refractivity contribution in [3.8, 4) is 0 Å². The molecule has 1 aromatic rings. The van der Waals surface area contributed by atoms with Gasteiger partial charge in [-0.25, -0.2) is 4.79 Å². The molecule has 3 N–H and O–H groups in total. The average Bonchev–Trinajstić information content (AvgIpc) is 2.73. The number of amides is 3. The molecule has 0 radical (unpaired) electrons. The Hall–Kier alpha value is -1.86. The van der Waals surface area contributed by atoms with Crippen LogP contribution in [0.5, 0.6) is 0 Å². The Labute approximate surface area is 174 Å². The van der Waals surface area contributed by atoms with Gasteiger partial charge < -0.3 is 20.7 Å². The summed E-state index contributed by atoms with van der Waals surface area (Å²) in [5, 5.41) is 2.84. The molecule has 2 heterocycles. The van der Waals surface area contributed by atoms with Crippen LogP contribution in [-0.2, 0) is 19.7 Å². The molecular weight excluding hydrogens is 418 g/mol. The van der Waals surface area contributed by atoms with Gasteiger partial charge in [-0.1, -0.05) is 12.1 Å². The maximum atomic E-state index is 12.7. The van der Waals surface area contributed by atoms with Crippen LogP contribution in [0, 0.1) is 0 Å². The number of urea groups is 1. The molecule has 0 atom stereocenters. The molecule has 2 saturated heterocycles. The first kappa shape index (κ1) is 21.8. The van der Waals surface area contributed by atoms with Crippen molar-refractivity contribution in [2.75, 3.05) is 63.6 Å². The maximum absolute atomic E-state index is 12.7. The van der Waals surface area contributed by atoms with Gasteiger partial charge in [-0.3, -0.25) is 4.79 Å². The molecule has 3 rings (SSSR count). The highest BCUT2D eigenvalue weighted by atomic mass is 32.2. The molecule has 10 nitrogen and oxygen atoms in total. The van der Waals surface area contributed by atoms with E-state index in [1.807, 2.05) is 6.07 Å². The number of piperazine rings is 1. The number of thioether (sulfide) groups is 1. The van der Waals surface area contributed by atoms with Crippen LogP contribution in [0.3, 0.4) is 0 Å². The van der Waals surface area contributed by atoms with Gasteiger partial charge in [0.05, 0.1) is 24.7 Å². The second-order valence-electron chi connectivity index (χ2n) is 6.59. The molecule has 1 aromatic carbocycles. The molecule has 29 heavy (non-hydrogen) atoms. The molecule has 2 fully saturated rings. The summed E-state index contributed by atoms with van der Waals surface area (Å²) in [5.41, 5.74) is 5.78. The van der Waals surface area contributed by atoms with Crippen LogP contribution in [0.25, 0.3) is 0 Å². The molecule has 0 aliphatic carbocycles. The Bertz CT molecular complexity index is 836. The largest absolute Gasteiger partial charge is 0.379 e. The highest BCUT2D eigenvalue weighted by Gasteiger charge is 2.34. The topological polar surface area (TPSA) is 125 Å². The van der Waals surface area contributed by atoms with Crippen LogP contribution in [0.1, 0.15) is 0 Å². The van der Waals surface area contributed by atoms with Crippen LogP contribution >= 0.6 is 11.8 Å². The van der Waals surface area contributed by atoms with Crippen molar-refractivity contribution in [2.24, 2.45) is 5.73 Å². The lowest BCUT2D eigenvalue weighted by molar-refractivity contribution is -0.115. The van der Waals surface area contributed by atoms with E-state index in [1.54, 1.807) is 23.1 Å². The summed E-state index contributed by atoms with van der Waals surface area (Å²) in [5.74, 6) is -0.320. The zero-order chi connectivity index (χ0) is 20.9. The minimum atomic E-state index is -3.53. The molecule has 0 bridgehead atoms. The predicted octanol–water partition coefficient (Wildman–Crippen LogP) is -0.00950. The molecule has 3 amide bonds. The highest BCUT2D eigenvalue weighted by molar-refractivity contribution is 8.00. The van der Waals surface area contributed by atoms with Crippen molar-refractivity contribution in [2.45, 2.75) is 4.90 Å². The van der Waals surface area contributed by atoms with Crippen LogP contribution in [0.4, 0.5) is 10.5 Å². The first-order valence-electron chi connectivity index (χ1n) is 9.27. The summed E-state index contributed by atoms with van der Waals surface area (Å²) >= 11 is 1.25. The van der Waals surface area contributed by atoms with Gasteiger partial charge in [0.1, 0.15) is 0 Å². The van der Waals surface area contributed by atoms with Crippen LogP contribution in [0.2, 0.25) is 0 Å². The molecule has 0 unspecified atom stereocenters. The Morgan fingerprint density at radius 2 is 1.66 bits per heavy atom. The van der Waals surface area contributed by atoms with Gasteiger partial charge in [0.2, 0.25) is 5.91 Å². The van der Waals surface area contributed by atoms with E-state index in [1.165, 1.54) is 20.4 Å². The lowest BCUT2D eigenvalue weighted by Gasteiger charge is -2.37. The first-order valence-corrected chi connectivity index (χ1v) is 11.6. The van der Waals surface area contributed by atoms with Crippen molar-refractivity contribution >= 4 is 39.6 Å². The van der Waals surface area contributed by atoms with Gasteiger partial charge in [0.25, 0.3) is 10.2 Å². The van der Waals surface area contributed by atoms with Gasteiger partial charge in [-0.15, -0.1) is 11.8 Å². The summed E-state index contributed by atoms with van der Waals surface area (Å²) in [7, 11) is -3.53. The van der Waals surface area contributed by atoms with E-state index in [4.69, 9.17) is 10.5 Å². The molecule has 160 valence electrons. The standard InChI is InChI=1S/C17H25N5O5S2/c18-16(23)13-28-15-4-2-1-3-14(15)19-17(24)20-5-7-21(8-6-20)29(25,26)22-9-11-27-12-10-22/h1-4H,5-13H2,(H2,18,23)(H,19,24). The van der Waals surface area contributed by atoms with Gasteiger partial charge in [0.15, 0.2) is 0 Å². The molecule has 12 heteroatoms. The fourth-order valence-corrected chi connectivity index (χ4v) is 5.41. The molecule has 2 aliphatic heterocycles. The molecule has 0 spiro atoms. The van der Waals surface area contributed by atoms with Crippen molar-refractivity contribution in [3.63, 3.8) is 0 Å². The van der Waals surface area contributed by atoms with E-state index in [2.05, 4.69) is 5.32 Å². The molecule has 0 saturated carbocycles. The van der Waals surface area contributed by atoms with E-state index < -0.39 is 16.1 Å². The lowest BCUT2D eigenvalue weighted by atomic mass is 10.3. The van der Waals surface area contributed by atoms with Crippen molar-refractivity contribution in [1.29, 1.82) is 0 Å². The minimum absolute atomic E-state index is 0.116. The van der Waals surface area contributed by atoms with Crippen LogP contribution in [-0.4, -0.2) is 92.1 Å². The van der Waals surface area contributed by atoms with E-state index in [9.17, 15) is 18.0 Å². The number of primary amides is 1. The average molecular weight is 444 g/mol. The van der Waals surface area contributed by atoms with E-state index in [0.717, 1.165) is 4.90 Å². The Balaban J connectivity index is 1.56.